The minimum absolute atomic E-state index is 0.105. The summed E-state index contributed by atoms with van der Waals surface area (Å²) in [6.45, 7) is 1.32. The lowest BCUT2D eigenvalue weighted by Gasteiger charge is -2.37. The van der Waals surface area contributed by atoms with Crippen LogP contribution in [0, 0.1) is 5.92 Å². The Morgan fingerprint density at radius 2 is 2.10 bits per heavy atom. The number of nitrogens with zero attached hydrogens (tertiary/aromatic N) is 4. The second-order valence-electron chi connectivity index (χ2n) is 7.51. The van der Waals surface area contributed by atoms with E-state index < -0.39 is 11.8 Å². The van der Waals surface area contributed by atoms with Gasteiger partial charge in [-0.1, -0.05) is 30.3 Å². The molecule has 2 aliphatic rings. The summed E-state index contributed by atoms with van der Waals surface area (Å²) in [6.07, 6.45) is 2.87. The van der Waals surface area contributed by atoms with Crippen LogP contribution < -0.4 is 5.73 Å². The molecule has 0 amide bonds. The fourth-order valence-electron chi connectivity index (χ4n) is 4.33. The molecule has 5 rings (SSSR count). The van der Waals surface area contributed by atoms with Gasteiger partial charge in [0.05, 0.1) is 32.8 Å². The first-order valence-corrected chi connectivity index (χ1v) is 9.67. The van der Waals surface area contributed by atoms with E-state index in [2.05, 4.69) is 15.0 Å². The van der Waals surface area contributed by atoms with Crippen molar-refractivity contribution >= 4 is 17.0 Å². The minimum Gasteiger partial charge on any atom is -0.393 e. The molecular formula is C20H23N5O4. The topological polar surface area (TPSA) is 118 Å². The summed E-state index contributed by atoms with van der Waals surface area (Å²) in [4.78, 5) is 12.6. The molecule has 9 heteroatoms. The van der Waals surface area contributed by atoms with Crippen LogP contribution in [0.5, 0.6) is 0 Å². The van der Waals surface area contributed by atoms with Crippen molar-refractivity contribution in [3.05, 3.63) is 48.5 Å². The Morgan fingerprint density at radius 3 is 2.93 bits per heavy atom. The second kappa shape index (κ2) is 7.34. The number of aromatic nitrogens is 4. The number of aliphatic hydroxyl groups is 1. The molecule has 2 fully saturated rings. The van der Waals surface area contributed by atoms with Gasteiger partial charge in [0.15, 0.2) is 17.7 Å². The number of imidazole rings is 1. The van der Waals surface area contributed by atoms with Gasteiger partial charge in [0.2, 0.25) is 0 Å². The van der Waals surface area contributed by atoms with Crippen LogP contribution in [0.2, 0.25) is 0 Å². The van der Waals surface area contributed by atoms with E-state index in [1.165, 1.54) is 6.33 Å². The molecular weight excluding hydrogens is 374 g/mol. The van der Waals surface area contributed by atoms with Gasteiger partial charge < -0.3 is 25.1 Å². The molecule has 4 heterocycles. The third-order valence-electron chi connectivity index (χ3n) is 5.88. The van der Waals surface area contributed by atoms with Crippen molar-refractivity contribution in [2.75, 3.05) is 25.6 Å². The number of nitrogens with two attached hydrogens (primary N) is 1. The molecule has 0 saturated carbocycles. The zero-order chi connectivity index (χ0) is 19.8. The highest BCUT2D eigenvalue weighted by molar-refractivity contribution is 5.81. The fraction of sp³-hybridized carbons (Fsp3) is 0.450. The molecule has 2 bridgehead atoms. The van der Waals surface area contributed by atoms with Crippen LogP contribution >= 0.6 is 0 Å². The highest BCUT2D eigenvalue weighted by Gasteiger charge is 2.58. The SMILES string of the molecule is Nc1ncnc2c1ncn2C1OC2(CO)CCOC1C2COCc1ccccc1. The molecule has 29 heavy (non-hydrogen) atoms. The predicted molar refractivity (Wildman–Crippen MR) is 104 cm³/mol. The number of anilines is 1. The molecule has 3 aromatic rings. The Kier molecular flexibility index (Phi) is 4.67. The van der Waals surface area contributed by atoms with Crippen LogP contribution in [0.25, 0.3) is 11.2 Å². The molecule has 9 nitrogen and oxygen atoms in total. The smallest absolute Gasteiger partial charge is 0.167 e. The molecule has 3 N–H and O–H groups in total. The molecule has 4 atom stereocenters. The first-order chi connectivity index (χ1) is 14.2. The first-order valence-electron chi connectivity index (χ1n) is 9.67. The van der Waals surface area contributed by atoms with Crippen LogP contribution in [-0.4, -0.2) is 56.2 Å². The van der Waals surface area contributed by atoms with E-state index in [1.807, 2.05) is 34.9 Å². The Morgan fingerprint density at radius 1 is 1.24 bits per heavy atom. The summed E-state index contributed by atoms with van der Waals surface area (Å²) in [5.41, 5.74) is 7.39. The lowest BCUT2D eigenvalue weighted by Crippen LogP contribution is -2.49. The Bertz CT molecular complexity index is 997. The van der Waals surface area contributed by atoms with E-state index in [1.54, 1.807) is 6.33 Å². The summed E-state index contributed by atoms with van der Waals surface area (Å²) in [5, 5.41) is 10.2. The zero-order valence-electron chi connectivity index (χ0n) is 15.8. The predicted octanol–water partition coefficient (Wildman–Crippen LogP) is 1.29. The number of benzene rings is 1. The molecule has 2 saturated heterocycles. The number of rotatable bonds is 6. The fourth-order valence-corrected chi connectivity index (χ4v) is 4.33. The van der Waals surface area contributed by atoms with E-state index in [0.717, 1.165) is 5.56 Å². The first kappa shape index (κ1) is 18.4. The van der Waals surface area contributed by atoms with Crippen molar-refractivity contribution in [3.8, 4) is 0 Å². The molecule has 2 aliphatic heterocycles. The van der Waals surface area contributed by atoms with Gasteiger partial charge >= 0.3 is 0 Å². The summed E-state index contributed by atoms with van der Waals surface area (Å²) in [7, 11) is 0. The van der Waals surface area contributed by atoms with E-state index in [4.69, 9.17) is 19.9 Å². The van der Waals surface area contributed by atoms with Crippen molar-refractivity contribution in [3.63, 3.8) is 0 Å². The molecule has 152 valence electrons. The van der Waals surface area contributed by atoms with Gasteiger partial charge in [0.25, 0.3) is 0 Å². The van der Waals surface area contributed by atoms with E-state index in [-0.39, 0.29) is 18.6 Å². The third-order valence-corrected chi connectivity index (χ3v) is 5.88. The van der Waals surface area contributed by atoms with Gasteiger partial charge in [0, 0.05) is 12.3 Å². The highest BCUT2D eigenvalue weighted by Crippen LogP contribution is 2.49. The average Bonchev–Trinajstić information content (AvgIpc) is 3.24. The average molecular weight is 397 g/mol. The Labute approximate surface area is 167 Å². The lowest BCUT2D eigenvalue weighted by atomic mass is 9.82. The van der Waals surface area contributed by atoms with Gasteiger partial charge in [-0.05, 0) is 5.56 Å². The van der Waals surface area contributed by atoms with Crippen LogP contribution in [0.1, 0.15) is 18.2 Å². The summed E-state index contributed by atoms with van der Waals surface area (Å²) in [5.74, 6) is 0.196. The third kappa shape index (κ3) is 3.06. The van der Waals surface area contributed by atoms with E-state index >= 15 is 0 Å². The van der Waals surface area contributed by atoms with Gasteiger partial charge in [-0.25, -0.2) is 15.0 Å². The highest BCUT2D eigenvalue weighted by atomic mass is 16.6. The largest absolute Gasteiger partial charge is 0.393 e. The summed E-state index contributed by atoms with van der Waals surface area (Å²) < 4.78 is 20.3. The maximum absolute atomic E-state index is 10.2. The van der Waals surface area contributed by atoms with Crippen molar-refractivity contribution in [2.45, 2.75) is 31.0 Å². The number of nitrogen functional groups attached to an aromatic ring is 1. The van der Waals surface area contributed by atoms with Crippen LogP contribution in [0.3, 0.4) is 0 Å². The zero-order valence-corrected chi connectivity index (χ0v) is 15.8. The Hall–Kier alpha value is -2.59. The molecule has 4 unspecified atom stereocenters. The van der Waals surface area contributed by atoms with Gasteiger partial charge in [-0.2, -0.15) is 0 Å². The number of hydrogen-bond donors (Lipinski definition) is 2. The Balaban J connectivity index is 1.41. The summed E-state index contributed by atoms with van der Waals surface area (Å²) in [6, 6.07) is 9.99. The maximum Gasteiger partial charge on any atom is 0.167 e. The summed E-state index contributed by atoms with van der Waals surface area (Å²) >= 11 is 0. The molecule has 0 radical (unpaired) electrons. The van der Waals surface area contributed by atoms with Gasteiger partial charge in [-0.3, -0.25) is 4.57 Å². The van der Waals surface area contributed by atoms with Crippen molar-refractivity contribution in [1.82, 2.24) is 19.5 Å². The van der Waals surface area contributed by atoms with Crippen LogP contribution in [0.4, 0.5) is 5.82 Å². The number of ether oxygens (including phenoxy) is 3. The molecule has 2 aromatic heterocycles. The van der Waals surface area contributed by atoms with Crippen molar-refractivity contribution in [2.24, 2.45) is 5.92 Å². The van der Waals surface area contributed by atoms with Gasteiger partial charge in [-0.15, -0.1) is 0 Å². The quantitative estimate of drug-likeness (QED) is 0.639. The number of fused-ring (bicyclic) bond motifs is 3. The van der Waals surface area contributed by atoms with E-state index in [9.17, 15) is 5.11 Å². The lowest BCUT2D eigenvalue weighted by molar-refractivity contribution is -0.130. The van der Waals surface area contributed by atoms with Crippen molar-refractivity contribution in [1.29, 1.82) is 0 Å². The minimum atomic E-state index is -0.723. The molecule has 1 aromatic carbocycles. The van der Waals surface area contributed by atoms with Crippen molar-refractivity contribution < 1.29 is 19.3 Å². The van der Waals surface area contributed by atoms with E-state index in [0.29, 0.717) is 43.2 Å². The van der Waals surface area contributed by atoms with Crippen LogP contribution in [-0.2, 0) is 20.8 Å². The monoisotopic (exact) mass is 397 g/mol. The van der Waals surface area contributed by atoms with Crippen LogP contribution in [0.15, 0.2) is 43.0 Å². The molecule has 0 spiro atoms. The maximum atomic E-state index is 10.2. The normalized spacial score (nSPS) is 28.8. The molecule has 0 aliphatic carbocycles. The standard InChI is InChI=1S/C20H23N5O4/c21-17-15-18(23-11-22-17)25(12-24-15)19-16-14(20(10-26,29-19)6-7-28-16)9-27-8-13-4-2-1-3-5-13/h1-5,11-12,14,16,19,26H,6-10H2,(H2,21,22,23). The number of aliphatic hydroxyl groups excluding tert-OH is 1. The number of hydrogen-bond acceptors (Lipinski definition) is 8. The van der Waals surface area contributed by atoms with Gasteiger partial charge in [0.1, 0.15) is 23.5 Å². The second-order valence-corrected chi connectivity index (χ2v) is 7.51.